The Morgan fingerprint density at radius 2 is 1.73 bits per heavy atom. The van der Waals surface area contributed by atoms with Gasteiger partial charge < -0.3 is 14.6 Å². The summed E-state index contributed by atoms with van der Waals surface area (Å²) in [6.07, 6.45) is 2.80. The lowest BCUT2D eigenvalue weighted by Gasteiger charge is -2.23. The zero-order valence-corrected chi connectivity index (χ0v) is 17.8. The van der Waals surface area contributed by atoms with Crippen molar-refractivity contribution in [3.05, 3.63) is 65.2 Å². The first kappa shape index (κ1) is 23.4. The number of hydrogen-bond donors (Lipinski definition) is 1. The molecule has 0 saturated heterocycles. The molecule has 0 saturated carbocycles. The van der Waals surface area contributed by atoms with Crippen LogP contribution in [0.1, 0.15) is 47.7 Å². The SMILES string of the molecule is CCOC(=O)CCCCN(CCc1ccccc1O)Cc1ccc(C(=O)OC)cc1. The highest BCUT2D eigenvalue weighted by atomic mass is 16.5. The van der Waals surface area contributed by atoms with Gasteiger partial charge in [0.2, 0.25) is 0 Å². The lowest BCUT2D eigenvalue weighted by atomic mass is 10.1. The van der Waals surface area contributed by atoms with Gasteiger partial charge in [0.05, 0.1) is 19.3 Å². The lowest BCUT2D eigenvalue weighted by Crippen LogP contribution is -2.27. The number of ether oxygens (including phenoxy) is 2. The van der Waals surface area contributed by atoms with Gasteiger partial charge in [0.15, 0.2) is 0 Å². The summed E-state index contributed by atoms with van der Waals surface area (Å²) in [4.78, 5) is 25.5. The van der Waals surface area contributed by atoms with E-state index >= 15 is 0 Å². The van der Waals surface area contributed by atoms with Crippen molar-refractivity contribution in [2.45, 2.75) is 39.2 Å². The van der Waals surface area contributed by atoms with E-state index in [0.717, 1.165) is 43.5 Å². The van der Waals surface area contributed by atoms with Gasteiger partial charge in [0.25, 0.3) is 0 Å². The number of phenols is 1. The first-order valence-corrected chi connectivity index (χ1v) is 10.4. The first-order chi connectivity index (χ1) is 14.5. The molecule has 0 atom stereocenters. The molecule has 0 amide bonds. The number of methoxy groups -OCH3 is 1. The standard InChI is InChI=1S/C24H31NO5/c1-3-30-23(27)10-6-7-16-25(17-15-20-8-4-5-9-22(20)26)18-19-11-13-21(14-12-19)24(28)29-2/h4-5,8-9,11-14,26H,3,6-7,10,15-18H2,1-2H3. The molecule has 0 unspecified atom stereocenters. The number of carbonyl (C=O) groups is 2. The molecule has 6 heteroatoms. The normalized spacial score (nSPS) is 10.8. The molecule has 162 valence electrons. The molecule has 0 aliphatic carbocycles. The van der Waals surface area contributed by atoms with Gasteiger partial charge in [-0.25, -0.2) is 4.79 Å². The van der Waals surface area contributed by atoms with Crippen molar-refractivity contribution in [2.24, 2.45) is 0 Å². The summed E-state index contributed by atoms with van der Waals surface area (Å²) in [5.74, 6) is -0.198. The van der Waals surface area contributed by atoms with E-state index in [0.29, 0.717) is 30.9 Å². The van der Waals surface area contributed by atoms with E-state index in [4.69, 9.17) is 9.47 Å². The van der Waals surface area contributed by atoms with Gasteiger partial charge in [0.1, 0.15) is 5.75 Å². The molecule has 0 aliphatic rings. The van der Waals surface area contributed by atoms with E-state index in [-0.39, 0.29) is 11.9 Å². The third-order valence-corrected chi connectivity index (χ3v) is 4.88. The second kappa shape index (κ2) is 12.6. The summed E-state index contributed by atoms with van der Waals surface area (Å²) < 4.78 is 9.73. The molecular weight excluding hydrogens is 382 g/mol. The predicted octanol–water partition coefficient (Wildman–Crippen LogP) is 3.96. The van der Waals surface area contributed by atoms with Crippen LogP contribution in [0, 0.1) is 0 Å². The molecule has 0 aliphatic heterocycles. The van der Waals surface area contributed by atoms with Gasteiger partial charge in [-0.2, -0.15) is 0 Å². The van der Waals surface area contributed by atoms with Crippen molar-refractivity contribution < 1.29 is 24.2 Å². The summed E-state index contributed by atoms with van der Waals surface area (Å²) in [6.45, 7) is 4.53. The number of benzene rings is 2. The summed E-state index contributed by atoms with van der Waals surface area (Å²) in [5, 5.41) is 10.0. The Balaban J connectivity index is 1.96. The molecule has 6 nitrogen and oxygen atoms in total. The minimum Gasteiger partial charge on any atom is -0.508 e. The molecule has 0 fully saturated rings. The monoisotopic (exact) mass is 413 g/mol. The molecule has 2 aromatic rings. The van der Waals surface area contributed by atoms with Crippen LogP contribution in [0.3, 0.4) is 0 Å². The van der Waals surface area contributed by atoms with Crippen molar-refractivity contribution in [1.29, 1.82) is 0 Å². The molecule has 0 spiro atoms. The second-order valence-corrected chi connectivity index (χ2v) is 7.11. The average molecular weight is 414 g/mol. The zero-order chi connectivity index (χ0) is 21.8. The summed E-state index contributed by atoms with van der Waals surface area (Å²) in [5.41, 5.74) is 2.52. The molecule has 0 radical (unpaired) electrons. The number of phenolic OH excluding ortho intramolecular Hbond substituents is 1. The maximum absolute atomic E-state index is 11.6. The van der Waals surface area contributed by atoms with Crippen LogP contribution in [0.25, 0.3) is 0 Å². The van der Waals surface area contributed by atoms with Gasteiger partial charge in [-0.3, -0.25) is 9.69 Å². The number of esters is 2. The predicted molar refractivity (Wildman–Crippen MR) is 115 cm³/mol. The van der Waals surface area contributed by atoms with Crippen LogP contribution in [0.2, 0.25) is 0 Å². The first-order valence-electron chi connectivity index (χ1n) is 10.4. The maximum Gasteiger partial charge on any atom is 0.337 e. The smallest absolute Gasteiger partial charge is 0.337 e. The van der Waals surface area contributed by atoms with Crippen LogP contribution >= 0.6 is 0 Å². The third-order valence-electron chi connectivity index (χ3n) is 4.88. The Kier molecular flexibility index (Phi) is 9.87. The topological polar surface area (TPSA) is 76.1 Å². The number of hydrogen-bond acceptors (Lipinski definition) is 6. The van der Waals surface area contributed by atoms with Crippen LogP contribution < -0.4 is 0 Å². The van der Waals surface area contributed by atoms with Crippen molar-refractivity contribution in [3.8, 4) is 5.75 Å². The molecule has 30 heavy (non-hydrogen) atoms. The van der Waals surface area contributed by atoms with Gasteiger partial charge in [0, 0.05) is 19.5 Å². The lowest BCUT2D eigenvalue weighted by molar-refractivity contribution is -0.143. The number of nitrogens with zero attached hydrogens (tertiary/aromatic N) is 1. The Morgan fingerprint density at radius 1 is 1.00 bits per heavy atom. The molecule has 0 aromatic heterocycles. The molecule has 2 aromatic carbocycles. The van der Waals surface area contributed by atoms with Crippen LogP contribution in [0.4, 0.5) is 0 Å². The summed E-state index contributed by atoms with van der Waals surface area (Å²) in [7, 11) is 1.37. The summed E-state index contributed by atoms with van der Waals surface area (Å²) in [6, 6.07) is 14.8. The number of aromatic hydroxyl groups is 1. The number of unbranched alkanes of at least 4 members (excludes halogenated alkanes) is 1. The van der Waals surface area contributed by atoms with Crippen LogP contribution in [-0.2, 0) is 27.2 Å². The quantitative estimate of drug-likeness (QED) is 0.419. The average Bonchev–Trinajstić information content (AvgIpc) is 2.76. The molecule has 0 bridgehead atoms. The number of rotatable bonds is 12. The maximum atomic E-state index is 11.6. The van der Waals surface area contributed by atoms with Gasteiger partial charge in [-0.05, 0) is 62.1 Å². The number of carbonyl (C=O) groups excluding carboxylic acids is 2. The Labute approximate surface area is 178 Å². The van der Waals surface area contributed by atoms with Crippen molar-refractivity contribution in [3.63, 3.8) is 0 Å². The molecule has 0 heterocycles. The van der Waals surface area contributed by atoms with Gasteiger partial charge in [-0.1, -0.05) is 30.3 Å². The Bertz CT molecular complexity index is 803. The van der Waals surface area contributed by atoms with Gasteiger partial charge in [-0.15, -0.1) is 0 Å². The molecule has 2 rings (SSSR count). The van der Waals surface area contributed by atoms with E-state index in [1.807, 2.05) is 37.3 Å². The Morgan fingerprint density at radius 3 is 2.40 bits per heavy atom. The van der Waals surface area contributed by atoms with E-state index in [9.17, 15) is 14.7 Å². The van der Waals surface area contributed by atoms with Crippen LogP contribution in [0.5, 0.6) is 5.75 Å². The van der Waals surface area contributed by atoms with E-state index in [1.165, 1.54) is 7.11 Å². The highest BCUT2D eigenvalue weighted by Gasteiger charge is 2.11. The fraction of sp³-hybridized carbons (Fsp3) is 0.417. The minimum atomic E-state index is -0.350. The van der Waals surface area contributed by atoms with Crippen molar-refractivity contribution >= 4 is 11.9 Å². The van der Waals surface area contributed by atoms with E-state index < -0.39 is 0 Å². The third kappa shape index (κ3) is 7.87. The molecular formula is C24H31NO5. The van der Waals surface area contributed by atoms with E-state index in [2.05, 4.69) is 4.90 Å². The fourth-order valence-electron chi connectivity index (χ4n) is 3.23. The second-order valence-electron chi connectivity index (χ2n) is 7.11. The van der Waals surface area contributed by atoms with Crippen LogP contribution in [-0.4, -0.2) is 48.8 Å². The highest BCUT2D eigenvalue weighted by Crippen LogP contribution is 2.17. The van der Waals surface area contributed by atoms with E-state index in [1.54, 1.807) is 18.2 Å². The minimum absolute atomic E-state index is 0.156. The van der Waals surface area contributed by atoms with Crippen molar-refractivity contribution in [2.75, 3.05) is 26.8 Å². The van der Waals surface area contributed by atoms with Crippen molar-refractivity contribution in [1.82, 2.24) is 4.90 Å². The zero-order valence-electron chi connectivity index (χ0n) is 17.8. The highest BCUT2D eigenvalue weighted by molar-refractivity contribution is 5.89. The molecule has 1 N–H and O–H groups in total. The number of para-hydroxylation sites is 1. The van der Waals surface area contributed by atoms with Crippen LogP contribution in [0.15, 0.2) is 48.5 Å². The summed E-state index contributed by atoms with van der Waals surface area (Å²) >= 11 is 0. The van der Waals surface area contributed by atoms with Gasteiger partial charge >= 0.3 is 11.9 Å². The Hall–Kier alpha value is -2.86. The largest absolute Gasteiger partial charge is 0.508 e. The fourth-order valence-corrected chi connectivity index (χ4v) is 3.23.